The third-order valence-corrected chi connectivity index (χ3v) is 6.18. The number of aromatic nitrogens is 1. The fourth-order valence-electron chi connectivity index (χ4n) is 3.69. The standard InChI is InChI=1S/C17H21N3O5S/c1-10-7-12-14(13(8-10)20(22)23)26-16(18-15(12)21)19-5-3-17(4-6-19)24-9-11(2)25-17/h7,11H,3-6,8-9H2,1-2H3,(H,22,23). The predicted molar refractivity (Wildman–Crippen MR) is 96.9 cm³/mol. The number of ether oxygens (including phenoxy) is 2. The summed E-state index contributed by atoms with van der Waals surface area (Å²) in [4.78, 5) is 19.1. The van der Waals surface area contributed by atoms with Gasteiger partial charge in [0.15, 0.2) is 10.9 Å². The maximum Gasteiger partial charge on any atom is 0.281 e. The highest BCUT2D eigenvalue weighted by atomic mass is 32.1. The van der Waals surface area contributed by atoms with Crippen LogP contribution in [0.15, 0.2) is 10.4 Å². The van der Waals surface area contributed by atoms with Crippen molar-refractivity contribution in [1.82, 2.24) is 4.98 Å². The van der Waals surface area contributed by atoms with E-state index in [9.17, 15) is 15.2 Å². The Hall–Kier alpha value is -1.97. The van der Waals surface area contributed by atoms with Crippen molar-refractivity contribution in [2.75, 3.05) is 24.6 Å². The van der Waals surface area contributed by atoms with E-state index in [4.69, 9.17) is 9.47 Å². The molecule has 1 aliphatic carbocycles. The second kappa shape index (κ2) is 6.33. The first-order chi connectivity index (χ1) is 12.4. The SMILES string of the molecule is CC1=Cc2c(sc(N3CCC4(CC3)OCC(C)O4)nc2=O)/C(=[N+](\[O-])O)C1. The van der Waals surface area contributed by atoms with Crippen LogP contribution in [0.1, 0.15) is 43.6 Å². The Morgan fingerprint density at radius 3 is 2.81 bits per heavy atom. The molecule has 0 aromatic carbocycles. The van der Waals surface area contributed by atoms with Gasteiger partial charge in [0.25, 0.3) is 11.3 Å². The second-order valence-corrected chi connectivity index (χ2v) is 8.05. The maximum absolute atomic E-state index is 12.5. The van der Waals surface area contributed by atoms with Crippen LogP contribution < -0.4 is 10.5 Å². The van der Waals surface area contributed by atoms with Crippen molar-refractivity contribution in [2.45, 2.75) is 45.0 Å². The Bertz CT molecular complexity index is 850. The molecule has 0 radical (unpaired) electrons. The van der Waals surface area contributed by atoms with Gasteiger partial charge >= 0.3 is 0 Å². The third-order valence-electron chi connectivity index (χ3n) is 4.99. The van der Waals surface area contributed by atoms with Gasteiger partial charge in [-0.25, -0.2) is 0 Å². The Labute approximate surface area is 154 Å². The number of nitrogens with zero attached hydrogens (tertiary/aromatic N) is 3. The molecule has 0 amide bonds. The van der Waals surface area contributed by atoms with Crippen molar-refractivity contribution >= 4 is 28.3 Å². The third kappa shape index (κ3) is 3.00. The molecule has 2 aliphatic heterocycles. The number of anilines is 1. The summed E-state index contributed by atoms with van der Waals surface area (Å²) in [6.07, 6.45) is 3.54. The van der Waals surface area contributed by atoms with E-state index < -0.39 is 5.79 Å². The molecule has 26 heavy (non-hydrogen) atoms. The fraction of sp³-hybridized carbons (Fsp3) is 0.588. The Balaban J connectivity index is 1.64. The molecule has 0 bridgehead atoms. The minimum absolute atomic E-state index is 0.0965. The number of rotatable bonds is 1. The van der Waals surface area contributed by atoms with Crippen LogP contribution in [-0.2, 0) is 9.47 Å². The van der Waals surface area contributed by atoms with Gasteiger partial charge in [-0.1, -0.05) is 16.9 Å². The van der Waals surface area contributed by atoms with E-state index in [1.165, 1.54) is 11.3 Å². The second-order valence-electron chi connectivity index (χ2n) is 7.07. The average Bonchev–Trinajstić information content (AvgIpc) is 2.95. The predicted octanol–water partition coefficient (Wildman–Crippen LogP) is 1.73. The van der Waals surface area contributed by atoms with E-state index >= 15 is 0 Å². The number of hydrogen-bond donors (Lipinski definition) is 1. The zero-order chi connectivity index (χ0) is 18.5. The minimum Gasteiger partial charge on any atom is -0.417 e. The van der Waals surface area contributed by atoms with Gasteiger partial charge in [0, 0.05) is 30.8 Å². The van der Waals surface area contributed by atoms with Crippen molar-refractivity contribution in [1.29, 1.82) is 0 Å². The summed E-state index contributed by atoms with van der Waals surface area (Å²) in [5.74, 6) is -0.525. The normalized spacial score (nSPS) is 26.6. The minimum atomic E-state index is -0.525. The Morgan fingerprint density at radius 2 is 2.19 bits per heavy atom. The quantitative estimate of drug-likeness (QED) is 0.451. The maximum atomic E-state index is 12.5. The molecule has 2 fully saturated rings. The van der Waals surface area contributed by atoms with Crippen LogP contribution in [0.3, 0.4) is 0 Å². The molecule has 9 heteroatoms. The number of allylic oxidation sites excluding steroid dienone is 1. The molecule has 8 nitrogen and oxygen atoms in total. The van der Waals surface area contributed by atoms with Gasteiger partial charge in [-0.05, 0) is 19.9 Å². The average molecular weight is 379 g/mol. The molecule has 0 saturated carbocycles. The summed E-state index contributed by atoms with van der Waals surface area (Å²) in [6, 6.07) is 0. The lowest BCUT2D eigenvalue weighted by Crippen LogP contribution is -2.46. The zero-order valence-corrected chi connectivity index (χ0v) is 15.5. The van der Waals surface area contributed by atoms with Crippen LogP contribution in [0.2, 0.25) is 0 Å². The molecule has 4 rings (SSSR count). The summed E-state index contributed by atoms with van der Waals surface area (Å²) in [6.45, 7) is 5.72. The summed E-state index contributed by atoms with van der Waals surface area (Å²) in [5.41, 5.74) is 1.02. The van der Waals surface area contributed by atoms with Crippen LogP contribution in [0.5, 0.6) is 0 Å². The highest BCUT2D eigenvalue weighted by molar-refractivity contribution is 7.17. The molecule has 1 unspecified atom stereocenters. The lowest BCUT2D eigenvalue weighted by Gasteiger charge is -2.38. The number of hydrogen-bond acceptors (Lipinski definition) is 8. The highest BCUT2D eigenvalue weighted by Crippen LogP contribution is 2.36. The Kier molecular flexibility index (Phi) is 4.25. The van der Waals surface area contributed by atoms with Gasteiger partial charge in [0.1, 0.15) is 4.88 Å². The summed E-state index contributed by atoms with van der Waals surface area (Å²) in [5, 5.41) is 21.6. The van der Waals surface area contributed by atoms with Crippen molar-refractivity contribution in [3.05, 3.63) is 31.6 Å². The van der Waals surface area contributed by atoms with Crippen molar-refractivity contribution in [2.24, 2.45) is 0 Å². The molecule has 3 heterocycles. The van der Waals surface area contributed by atoms with Gasteiger partial charge in [0.05, 0.1) is 24.7 Å². The van der Waals surface area contributed by atoms with Gasteiger partial charge in [-0.2, -0.15) is 4.98 Å². The molecular formula is C17H21N3O5S. The van der Waals surface area contributed by atoms with Crippen molar-refractivity contribution in [3.8, 4) is 0 Å². The summed E-state index contributed by atoms with van der Waals surface area (Å²) >= 11 is 1.27. The summed E-state index contributed by atoms with van der Waals surface area (Å²) < 4.78 is 11.8. The van der Waals surface area contributed by atoms with Crippen LogP contribution >= 0.6 is 11.3 Å². The fourth-order valence-corrected chi connectivity index (χ4v) is 4.84. The zero-order valence-electron chi connectivity index (χ0n) is 14.7. The molecule has 1 spiro atoms. The highest BCUT2D eigenvalue weighted by Gasteiger charge is 2.43. The molecular weight excluding hydrogens is 358 g/mol. The van der Waals surface area contributed by atoms with Crippen LogP contribution in [-0.4, -0.2) is 52.4 Å². The van der Waals surface area contributed by atoms with E-state index in [1.807, 2.05) is 18.7 Å². The topological polar surface area (TPSA) is 98.0 Å². The van der Waals surface area contributed by atoms with E-state index in [1.54, 1.807) is 6.08 Å². The lowest BCUT2D eigenvalue weighted by molar-refractivity contribution is -0.726. The van der Waals surface area contributed by atoms with Crippen LogP contribution in [0, 0.1) is 5.21 Å². The van der Waals surface area contributed by atoms with Gasteiger partial charge in [-0.3, -0.25) is 10.0 Å². The van der Waals surface area contributed by atoms with Crippen molar-refractivity contribution < 1.29 is 19.6 Å². The molecule has 1 aromatic rings. The van der Waals surface area contributed by atoms with E-state index in [-0.39, 0.29) is 22.3 Å². The summed E-state index contributed by atoms with van der Waals surface area (Å²) in [7, 11) is 0. The van der Waals surface area contributed by atoms with E-state index in [0.717, 1.165) is 5.57 Å². The number of piperidine rings is 1. The molecule has 1 N–H and O–H groups in total. The van der Waals surface area contributed by atoms with Crippen LogP contribution in [0.25, 0.3) is 6.08 Å². The van der Waals surface area contributed by atoms with Crippen molar-refractivity contribution in [3.63, 3.8) is 0 Å². The molecule has 140 valence electrons. The molecule has 2 saturated heterocycles. The van der Waals surface area contributed by atoms with Gasteiger partial charge in [0.2, 0.25) is 0 Å². The van der Waals surface area contributed by atoms with Gasteiger partial charge in [-0.15, -0.1) is 0 Å². The smallest absolute Gasteiger partial charge is 0.281 e. The first-order valence-electron chi connectivity index (χ1n) is 8.68. The first-order valence-corrected chi connectivity index (χ1v) is 9.50. The molecule has 1 aromatic heterocycles. The van der Waals surface area contributed by atoms with E-state index in [0.29, 0.717) is 54.5 Å². The Morgan fingerprint density at radius 1 is 1.46 bits per heavy atom. The van der Waals surface area contributed by atoms with E-state index in [2.05, 4.69) is 4.98 Å². The number of fused-ring (bicyclic) bond motifs is 1. The molecule has 3 aliphatic rings. The lowest BCUT2D eigenvalue weighted by atomic mass is 9.99. The first kappa shape index (κ1) is 17.4. The van der Waals surface area contributed by atoms with Gasteiger partial charge < -0.3 is 19.6 Å². The van der Waals surface area contributed by atoms with Crippen LogP contribution in [0.4, 0.5) is 5.13 Å². The molecule has 1 atom stereocenters. The monoisotopic (exact) mass is 379 g/mol. The largest absolute Gasteiger partial charge is 0.417 e.